The fourth-order valence-electron chi connectivity index (χ4n) is 2.61. The Hall–Kier alpha value is -3.35. The van der Waals surface area contributed by atoms with Crippen molar-refractivity contribution in [3.8, 4) is 11.3 Å². The summed E-state index contributed by atoms with van der Waals surface area (Å²) in [7, 11) is 0. The number of rotatable bonds is 4. The molecule has 3 N–H and O–H groups in total. The molecule has 132 valence electrons. The summed E-state index contributed by atoms with van der Waals surface area (Å²) in [6, 6.07) is 8.54. The molecule has 26 heavy (non-hydrogen) atoms. The summed E-state index contributed by atoms with van der Waals surface area (Å²) < 4.78 is 27.7. The summed E-state index contributed by atoms with van der Waals surface area (Å²) in [6.07, 6.45) is 2.89. The molecule has 0 aliphatic heterocycles. The summed E-state index contributed by atoms with van der Waals surface area (Å²) in [5, 5.41) is 2.58. The molecule has 0 radical (unpaired) electrons. The molecule has 1 heterocycles. The van der Waals surface area contributed by atoms with Gasteiger partial charge in [-0.1, -0.05) is 12.1 Å². The maximum Gasteiger partial charge on any atom is 0.254 e. The number of hydrogen-bond acceptors (Lipinski definition) is 4. The fraction of sp³-hybridized carbons (Fsp3) is 0.105. The highest BCUT2D eigenvalue weighted by Crippen LogP contribution is 2.23. The maximum absolute atomic E-state index is 14.4. The molecule has 0 fully saturated rings. The molecule has 7 heteroatoms. The second-order valence-electron chi connectivity index (χ2n) is 5.80. The first-order chi connectivity index (χ1) is 12.4. The number of nitrogen functional groups attached to an aromatic ring is 1. The van der Waals surface area contributed by atoms with Crippen molar-refractivity contribution in [1.82, 2.24) is 15.3 Å². The van der Waals surface area contributed by atoms with E-state index in [4.69, 9.17) is 5.73 Å². The van der Waals surface area contributed by atoms with E-state index in [0.717, 1.165) is 5.56 Å². The number of benzene rings is 2. The largest absolute Gasteiger partial charge is 0.382 e. The molecule has 3 aromatic rings. The van der Waals surface area contributed by atoms with Crippen molar-refractivity contribution in [2.75, 3.05) is 5.73 Å². The van der Waals surface area contributed by atoms with Crippen LogP contribution in [0.25, 0.3) is 11.3 Å². The van der Waals surface area contributed by atoms with E-state index in [0.29, 0.717) is 16.8 Å². The molecule has 0 bridgehead atoms. The lowest BCUT2D eigenvalue weighted by Crippen LogP contribution is -2.24. The van der Waals surface area contributed by atoms with Crippen molar-refractivity contribution in [2.45, 2.75) is 13.5 Å². The molecule has 1 aromatic heterocycles. The monoisotopic (exact) mass is 354 g/mol. The number of anilines is 1. The lowest BCUT2D eigenvalue weighted by Gasteiger charge is -2.09. The first-order valence-corrected chi connectivity index (χ1v) is 7.84. The molecule has 1 amide bonds. The second kappa shape index (κ2) is 7.26. The van der Waals surface area contributed by atoms with Crippen LogP contribution in [0.3, 0.4) is 0 Å². The Morgan fingerprint density at radius 1 is 1.12 bits per heavy atom. The molecule has 0 unspecified atom stereocenters. The second-order valence-corrected chi connectivity index (χ2v) is 5.80. The predicted octanol–water partition coefficient (Wildman–Crippen LogP) is 3.24. The summed E-state index contributed by atoms with van der Waals surface area (Å²) in [6.45, 7) is 1.85. The fourth-order valence-corrected chi connectivity index (χ4v) is 2.61. The third-order valence-electron chi connectivity index (χ3n) is 3.77. The molecular formula is C19H16F2N4O. The van der Waals surface area contributed by atoms with E-state index in [9.17, 15) is 13.6 Å². The van der Waals surface area contributed by atoms with Gasteiger partial charge in [0.05, 0.1) is 5.56 Å². The standard InChI is InChI=1S/C19H16F2N4O/c1-11-6-12(8-14(20)7-11)10-25-19(26)15-3-2-13(9-16(15)21)17-18(22)24-5-4-23-17/h2-9H,10H2,1H3,(H2,22,24)(H,25,26). The van der Waals surface area contributed by atoms with Crippen LogP contribution in [-0.2, 0) is 6.54 Å². The van der Waals surface area contributed by atoms with Crippen LogP contribution < -0.4 is 11.1 Å². The minimum Gasteiger partial charge on any atom is -0.382 e. The normalized spacial score (nSPS) is 10.6. The summed E-state index contributed by atoms with van der Waals surface area (Å²) in [5.74, 6) is -1.51. The van der Waals surface area contributed by atoms with Crippen LogP contribution in [0.4, 0.5) is 14.6 Å². The van der Waals surface area contributed by atoms with Crippen molar-refractivity contribution >= 4 is 11.7 Å². The molecule has 0 spiro atoms. The molecule has 2 aromatic carbocycles. The highest BCUT2D eigenvalue weighted by atomic mass is 19.1. The molecule has 0 aliphatic carbocycles. The van der Waals surface area contributed by atoms with Gasteiger partial charge in [-0.2, -0.15) is 0 Å². The van der Waals surface area contributed by atoms with E-state index in [1.54, 1.807) is 19.1 Å². The van der Waals surface area contributed by atoms with Crippen LogP contribution in [0.1, 0.15) is 21.5 Å². The summed E-state index contributed by atoms with van der Waals surface area (Å²) in [5.41, 5.74) is 7.71. The van der Waals surface area contributed by atoms with Gasteiger partial charge in [-0.15, -0.1) is 0 Å². The van der Waals surface area contributed by atoms with Crippen LogP contribution in [-0.4, -0.2) is 15.9 Å². The van der Waals surface area contributed by atoms with Crippen molar-refractivity contribution < 1.29 is 13.6 Å². The Labute approximate surface area is 148 Å². The van der Waals surface area contributed by atoms with Crippen molar-refractivity contribution in [1.29, 1.82) is 0 Å². The van der Waals surface area contributed by atoms with E-state index in [1.165, 1.54) is 36.7 Å². The van der Waals surface area contributed by atoms with E-state index < -0.39 is 11.7 Å². The number of carbonyl (C=O) groups excluding carboxylic acids is 1. The molecule has 5 nitrogen and oxygen atoms in total. The van der Waals surface area contributed by atoms with Gasteiger partial charge in [-0.05, 0) is 42.3 Å². The van der Waals surface area contributed by atoms with Gasteiger partial charge < -0.3 is 11.1 Å². The van der Waals surface area contributed by atoms with Crippen LogP contribution in [0.5, 0.6) is 0 Å². The Morgan fingerprint density at radius 3 is 2.58 bits per heavy atom. The zero-order valence-electron chi connectivity index (χ0n) is 14.0. The van der Waals surface area contributed by atoms with Gasteiger partial charge in [0.25, 0.3) is 5.91 Å². The van der Waals surface area contributed by atoms with E-state index in [1.807, 2.05) is 0 Å². The average molecular weight is 354 g/mol. The maximum atomic E-state index is 14.4. The molecule has 0 atom stereocenters. The average Bonchev–Trinajstić information content (AvgIpc) is 2.59. The Balaban J connectivity index is 1.77. The van der Waals surface area contributed by atoms with Gasteiger partial charge in [0.15, 0.2) is 0 Å². The summed E-state index contributed by atoms with van der Waals surface area (Å²) >= 11 is 0. The highest BCUT2D eigenvalue weighted by molar-refractivity contribution is 5.95. The Kier molecular flexibility index (Phi) is 4.88. The van der Waals surface area contributed by atoms with Crippen LogP contribution >= 0.6 is 0 Å². The van der Waals surface area contributed by atoms with Gasteiger partial charge in [0.1, 0.15) is 23.1 Å². The third-order valence-corrected chi connectivity index (χ3v) is 3.77. The van der Waals surface area contributed by atoms with E-state index >= 15 is 0 Å². The smallest absolute Gasteiger partial charge is 0.254 e. The number of nitrogens with zero attached hydrogens (tertiary/aromatic N) is 2. The molecule has 0 saturated heterocycles. The lowest BCUT2D eigenvalue weighted by atomic mass is 10.1. The third kappa shape index (κ3) is 3.83. The number of nitrogens with two attached hydrogens (primary N) is 1. The van der Waals surface area contributed by atoms with Crippen molar-refractivity contribution in [3.63, 3.8) is 0 Å². The topological polar surface area (TPSA) is 80.9 Å². The summed E-state index contributed by atoms with van der Waals surface area (Å²) in [4.78, 5) is 20.2. The zero-order valence-corrected chi connectivity index (χ0v) is 14.0. The van der Waals surface area contributed by atoms with Gasteiger partial charge in [-0.25, -0.2) is 13.8 Å². The quantitative estimate of drug-likeness (QED) is 0.754. The lowest BCUT2D eigenvalue weighted by molar-refractivity contribution is 0.0947. The van der Waals surface area contributed by atoms with Crippen molar-refractivity contribution in [3.05, 3.63) is 77.1 Å². The minimum atomic E-state index is -0.708. The van der Waals surface area contributed by atoms with Gasteiger partial charge in [0, 0.05) is 24.5 Å². The zero-order chi connectivity index (χ0) is 18.7. The molecule has 0 saturated carbocycles. The number of amides is 1. The highest BCUT2D eigenvalue weighted by Gasteiger charge is 2.14. The molecule has 0 aliphatic rings. The van der Waals surface area contributed by atoms with Crippen LogP contribution in [0, 0.1) is 18.6 Å². The number of hydrogen-bond donors (Lipinski definition) is 2. The first-order valence-electron chi connectivity index (χ1n) is 7.84. The van der Waals surface area contributed by atoms with Crippen LogP contribution in [0.2, 0.25) is 0 Å². The number of aryl methyl sites for hydroxylation is 1. The van der Waals surface area contributed by atoms with Crippen molar-refractivity contribution in [2.24, 2.45) is 0 Å². The van der Waals surface area contributed by atoms with Gasteiger partial charge in [0.2, 0.25) is 0 Å². The minimum absolute atomic E-state index is 0.0930. The molecule has 3 rings (SSSR count). The van der Waals surface area contributed by atoms with E-state index in [-0.39, 0.29) is 23.7 Å². The number of carbonyl (C=O) groups is 1. The Bertz CT molecular complexity index is 955. The number of halogens is 2. The van der Waals surface area contributed by atoms with Crippen LogP contribution in [0.15, 0.2) is 48.8 Å². The number of aromatic nitrogens is 2. The molecular weight excluding hydrogens is 338 g/mol. The van der Waals surface area contributed by atoms with E-state index in [2.05, 4.69) is 15.3 Å². The first kappa shape index (κ1) is 17.5. The predicted molar refractivity (Wildman–Crippen MR) is 94.1 cm³/mol. The number of nitrogens with one attached hydrogen (secondary N) is 1. The van der Waals surface area contributed by atoms with Gasteiger partial charge >= 0.3 is 0 Å². The SMILES string of the molecule is Cc1cc(F)cc(CNC(=O)c2ccc(-c3nccnc3N)cc2F)c1. The Morgan fingerprint density at radius 2 is 1.88 bits per heavy atom. The van der Waals surface area contributed by atoms with Gasteiger partial charge in [-0.3, -0.25) is 9.78 Å².